The Bertz CT molecular complexity index is 644. The van der Waals surface area contributed by atoms with Crippen LogP contribution in [-0.4, -0.2) is 27.3 Å². The van der Waals surface area contributed by atoms with Crippen molar-refractivity contribution in [2.75, 3.05) is 6.61 Å². The van der Waals surface area contributed by atoms with Gasteiger partial charge in [0.15, 0.2) is 5.65 Å². The highest BCUT2D eigenvalue weighted by atomic mass is 16.5. The first-order chi connectivity index (χ1) is 9.49. The molecule has 5 heteroatoms. The molecule has 2 heterocycles. The van der Waals surface area contributed by atoms with Crippen LogP contribution >= 0.6 is 0 Å². The summed E-state index contributed by atoms with van der Waals surface area (Å²) in [5.74, 6) is -0.305. The van der Waals surface area contributed by atoms with Crippen LogP contribution in [-0.2, 0) is 11.2 Å². The summed E-state index contributed by atoms with van der Waals surface area (Å²) in [5.41, 5.74) is 3.02. The first kappa shape index (κ1) is 14.5. The maximum absolute atomic E-state index is 12.2. The van der Waals surface area contributed by atoms with Gasteiger partial charge in [0.2, 0.25) is 0 Å². The predicted molar refractivity (Wildman–Crippen MR) is 78.0 cm³/mol. The molecule has 0 unspecified atom stereocenters. The molecule has 0 atom stereocenters. The van der Waals surface area contributed by atoms with Crippen molar-refractivity contribution in [3.8, 4) is 0 Å². The highest BCUT2D eigenvalue weighted by molar-refractivity contribution is 6.04. The van der Waals surface area contributed by atoms with Crippen molar-refractivity contribution in [3.63, 3.8) is 0 Å². The second-order valence-electron chi connectivity index (χ2n) is 5.07. The van der Waals surface area contributed by atoms with E-state index in [9.17, 15) is 4.79 Å². The van der Waals surface area contributed by atoms with Crippen molar-refractivity contribution in [2.45, 2.75) is 47.1 Å². The second kappa shape index (κ2) is 5.61. The van der Waals surface area contributed by atoms with Crippen LogP contribution in [0.5, 0.6) is 0 Å². The van der Waals surface area contributed by atoms with E-state index in [4.69, 9.17) is 4.74 Å². The molecule has 20 heavy (non-hydrogen) atoms. The van der Waals surface area contributed by atoms with Gasteiger partial charge in [-0.3, -0.25) is 0 Å². The maximum Gasteiger partial charge on any atom is 0.339 e. The lowest BCUT2D eigenvalue weighted by Crippen LogP contribution is -2.08. The first-order valence-corrected chi connectivity index (χ1v) is 7.05. The Morgan fingerprint density at radius 1 is 1.40 bits per heavy atom. The fourth-order valence-corrected chi connectivity index (χ4v) is 2.31. The molecule has 0 saturated heterocycles. The molecule has 0 aromatic carbocycles. The number of hydrogen-bond donors (Lipinski definition) is 0. The Hall–Kier alpha value is -1.91. The molecule has 2 aromatic heterocycles. The summed E-state index contributed by atoms with van der Waals surface area (Å²) in [7, 11) is 0. The zero-order valence-electron chi connectivity index (χ0n) is 12.7. The molecule has 0 amide bonds. The average Bonchev–Trinajstić information content (AvgIpc) is 2.76. The summed E-state index contributed by atoms with van der Waals surface area (Å²) in [6, 6.07) is 1.98. The number of carbonyl (C=O) groups excluding carboxylic acids is 1. The Morgan fingerprint density at radius 3 is 2.65 bits per heavy atom. The van der Waals surface area contributed by atoms with E-state index in [2.05, 4.69) is 23.9 Å². The third-order valence-electron chi connectivity index (χ3n) is 3.18. The Labute approximate surface area is 118 Å². The fraction of sp³-hybridized carbons (Fsp3) is 0.533. The predicted octanol–water partition coefficient (Wildman–Crippen LogP) is 3.06. The van der Waals surface area contributed by atoms with Crippen LogP contribution in [0.3, 0.4) is 0 Å². The molecular formula is C15H21N3O2. The standard InChI is InChI=1S/C15H21N3O2/c1-6-12-13-11(15(19)20-7-2)8-10(5)16-14(13)18(17-12)9(3)4/h8-9H,6-7H2,1-5H3. The number of pyridine rings is 1. The molecule has 108 valence electrons. The molecule has 0 aliphatic rings. The average molecular weight is 275 g/mol. The minimum atomic E-state index is -0.305. The van der Waals surface area contributed by atoms with Crippen LogP contribution in [0.2, 0.25) is 0 Å². The molecule has 0 saturated carbocycles. The number of fused-ring (bicyclic) bond motifs is 1. The molecule has 5 nitrogen and oxygen atoms in total. The van der Waals surface area contributed by atoms with Gasteiger partial charge in [0.25, 0.3) is 0 Å². The third kappa shape index (κ3) is 2.40. The topological polar surface area (TPSA) is 57.0 Å². The number of nitrogens with zero attached hydrogens (tertiary/aromatic N) is 3. The number of aromatic nitrogens is 3. The van der Waals surface area contributed by atoms with Gasteiger partial charge in [-0.2, -0.15) is 5.10 Å². The summed E-state index contributed by atoms with van der Waals surface area (Å²) in [4.78, 5) is 16.7. The molecule has 2 rings (SSSR count). The molecule has 0 fully saturated rings. The van der Waals surface area contributed by atoms with Gasteiger partial charge in [-0.15, -0.1) is 0 Å². The van der Waals surface area contributed by atoms with Crippen LogP contribution in [0, 0.1) is 6.92 Å². The lowest BCUT2D eigenvalue weighted by atomic mass is 10.1. The fourth-order valence-electron chi connectivity index (χ4n) is 2.31. The smallest absolute Gasteiger partial charge is 0.339 e. The van der Waals surface area contributed by atoms with E-state index < -0.39 is 0 Å². The lowest BCUT2D eigenvalue weighted by Gasteiger charge is -2.08. The normalized spacial score (nSPS) is 11.3. The SMILES string of the molecule is CCOC(=O)c1cc(C)nc2c1c(CC)nn2C(C)C. The number of carbonyl (C=O) groups is 1. The number of hydrogen-bond acceptors (Lipinski definition) is 4. The lowest BCUT2D eigenvalue weighted by molar-refractivity contribution is 0.0528. The van der Waals surface area contributed by atoms with Crippen LogP contribution in [0.25, 0.3) is 11.0 Å². The summed E-state index contributed by atoms with van der Waals surface area (Å²) in [5, 5.41) is 5.42. The van der Waals surface area contributed by atoms with Crippen LogP contribution in [0.4, 0.5) is 0 Å². The summed E-state index contributed by atoms with van der Waals surface area (Å²) in [6.07, 6.45) is 0.757. The molecule has 0 N–H and O–H groups in total. The van der Waals surface area contributed by atoms with Gasteiger partial charge < -0.3 is 4.74 Å². The zero-order valence-corrected chi connectivity index (χ0v) is 12.7. The number of aryl methyl sites for hydroxylation is 2. The van der Waals surface area contributed by atoms with E-state index in [1.165, 1.54) is 0 Å². The van der Waals surface area contributed by atoms with Crippen molar-refractivity contribution in [1.29, 1.82) is 0 Å². The van der Waals surface area contributed by atoms with E-state index in [1.54, 1.807) is 13.0 Å². The van der Waals surface area contributed by atoms with Gasteiger partial charge in [-0.05, 0) is 40.2 Å². The minimum Gasteiger partial charge on any atom is -0.462 e. The van der Waals surface area contributed by atoms with Crippen molar-refractivity contribution >= 4 is 17.0 Å². The molecule has 0 bridgehead atoms. The highest BCUT2D eigenvalue weighted by Gasteiger charge is 2.21. The van der Waals surface area contributed by atoms with Gasteiger partial charge in [0.1, 0.15) is 0 Å². The van der Waals surface area contributed by atoms with Crippen molar-refractivity contribution in [1.82, 2.24) is 14.8 Å². The summed E-state index contributed by atoms with van der Waals surface area (Å²) < 4.78 is 7.04. The van der Waals surface area contributed by atoms with Gasteiger partial charge in [0, 0.05) is 11.7 Å². The third-order valence-corrected chi connectivity index (χ3v) is 3.18. The quantitative estimate of drug-likeness (QED) is 0.805. The van der Waals surface area contributed by atoms with E-state index in [-0.39, 0.29) is 12.0 Å². The van der Waals surface area contributed by atoms with Gasteiger partial charge in [-0.25, -0.2) is 14.5 Å². The van der Waals surface area contributed by atoms with Crippen molar-refractivity contribution in [3.05, 3.63) is 23.0 Å². The maximum atomic E-state index is 12.2. The zero-order chi connectivity index (χ0) is 14.9. The molecule has 0 radical (unpaired) electrons. The van der Waals surface area contributed by atoms with Crippen LogP contribution in [0.15, 0.2) is 6.07 Å². The Morgan fingerprint density at radius 2 is 2.10 bits per heavy atom. The van der Waals surface area contributed by atoms with Gasteiger partial charge >= 0.3 is 5.97 Å². The number of esters is 1. The Kier molecular flexibility index (Phi) is 4.06. The number of ether oxygens (including phenoxy) is 1. The molecule has 0 aliphatic carbocycles. The van der Waals surface area contributed by atoms with E-state index >= 15 is 0 Å². The minimum absolute atomic E-state index is 0.196. The first-order valence-electron chi connectivity index (χ1n) is 7.05. The Balaban J connectivity index is 2.77. The van der Waals surface area contributed by atoms with E-state index in [0.717, 1.165) is 28.8 Å². The monoisotopic (exact) mass is 275 g/mol. The summed E-state index contributed by atoms with van der Waals surface area (Å²) in [6.45, 7) is 10.2. The molecule has 0 aliphatic heterocycles. The molecular weight excluding hydrogens is 254 g/mol. The van der Waals surface area contributed by atoms with Gasteiger partial charge in [-0.1, -0.05) is 6.92 Å². The van der Waals surface area contributed by atoms with Crippen LogP contribution in [0.1, 0.15) is 55.5 Å². The largest absolute Gasteiger partial charge is 0.462 e. The molecule has 2 aromatic rings. The second-order valence-corrected chi connectivity index (χ2v) is 5.07. The summed E-state index contributed by atoms with van der Waals surface area (Å²) >= 11 is 0. The van der Waals surface area contributed by atoms with Crippen molar-refractivity contribution < 1.29 is 9.53 Å². The van der Waals surface area contributed by atoms with Gasteiger partial charge in [0.05, 0.1) is 23.3 Å². The highest BCUT2D eigenvalue weighted by Crippen LogP contribution is 2.26. The molecule has 0 spiro atoms. The number of rotatable bonds is 4. The van der Waals surface area contributed by atoms with Crippen LogP contribution < -0.4 is 0 Å². The van der Waals surface area contributed by atoms with E-state index in [1.807, 2.05) is 18.5 Å². The van der Waals surface area contributed by atoms with Crippen molar-refractivity contribution in [2.24, 2.45) is 0 Å². The van der Waals surface area contributed by atoms with E-state index in [0.29, 0.717) is 12.2 Å².